The number of piperidine rings is 1. The van der Waals surface area contributed by atoms with Gasteiger partial charge in [-0.05, 0) is 31.2 Å². The van der Waals surface area contributed by atoms with Gasteiger partial charge in [0.2, 0.25) is 5.91 Å². The third kappa shape index (κ3) is 4.55. The Kier molecular flexibility index (Phi) is 6.20. The number of hydrogen-bond donors (Lipinski definition) is 2. The van der Waals surface area contributed by atoms with Crippen LogP contribution in [0.1, 0.15) is 46.5 Å². The van der Waals surface area contributed by atoms with E-state index in [0.29, 0.717) is 25.4 Å². The van der Waals surface area contributed by atoms with Crippen LogP contribution in [0.5, 0.6) is 0 Å². The highest BCUT2D eigenvalue weighted by Gasteiger charge is 2.28. The first kappa shape index (κ1) is 23.6. The summed E-state index contributed by atoms with van der Waals surface area (Å²) in [4.78, 5) is 48.7. The number of nitrogens with two attached hydrogens (primary N) is 1. The van der Waals surface area contributed by atoms with Crippen molar-refractivity contribution in [2.45, 2.75) is 25.7 Å². The largest absolute Gasteiger partial charge is 0.381 e. The van der Waals surface area contributed by atoms with Gasteiger partial charge in [0.1, 0.15) is 11.3 Å². The smallest absolute Gasteiger partial charge is 0.276 e. The fraction of sp³-hybridized carbons (Fsp3) is 0.391. The zero-order valence-electron chi connectivity index (χ0n) is 19.3. The minimum Gasteiger partial charge on any atom is -0.381 e. The molecule has 3 N–H and O–H groups in total. The maximum absolute atomic E-state index is 14.6. The number of nitrogens with zero attached hydrogens (tertiary/aromatic N) is 6. The summed E-state index contributed by atoms with van der Waals surface area (Å²) >= 11 is 0. The van der Waals surface area contributed by atoms with Crippen molar-refractivity contribution in [3.63, 3.8) is 0 Å². The number of amides is 3. The summed E-state index contributed by atoms with van der Waals surface area (Å²) in [6.07, 6.45) is 5.91. The van der Waals surface area contributed by atoms with E-state index in [2.05, 4.69) is 20.4 Å². The van der Waals surface area contributed by atoms with Crippen LogP contribution in [0.25, 0.3) is 5.65 Å². The van der Waals surface area contributed by atoms with Gasteiger partial charge in [0.15, 0.2) is 23.1 Å². The van der Waals surface area contributed by atoms with Crippen molar-refractivity contribution in [2.24, 2.45) is 5.92 Å². The normalized spacial score (nSPS) is 16.7. The first-order valence-corrected chi connectivity index (χ1v) is 11.6. The van der Waals surface area contributed by atoms with Gasteiger partial charge in [-0.25, -0.2) is 23.3 Å². The van der Waals surface area contributed by atoms with Gasteiger partial charge >= 0.3 is 0 Å². The predicted octanol–water partition coefficient (Wildman–Crippen LogP) is 1.39. The molecule has 5 heterocycles. The van der Waals surface area contributed by atoms with Crippen molar-refractivity contribution in [2.75, 3.05) is 36.8 Å². The van der Waals surface area contributed by atoms with Crippen LogP contribution in [0, 0.1) is 17.6 Å². The summed E-state index contributed by atoms with van der Waals surface area (Å²) in [7, 11) is 0. The van der Waals surface area contributed by atoms with E-state index in [0.717, 1.165) is 55.5 Å². The van der Waals surface area contributed by atoms with Gasteiger partial charge in [-0.2, -0.15) is 0 Å². The van der Waals surface area contributed by atoms with E-state index >= 15 is 0 Å². The molecule has 188 valence electrons. The summed E-state index contributed by atoms with van der Waals surface area (Å²) in [5.74, 6) is -2.71. The Morgan fingerprint density at radius 1 is 1.11 bits per heavy atom. The number of hydrogen-bond acceptors (Lipinski definition) is 8. The average molecular weight is 498 g/mol. The fourth-order valence-corrected chi connectivity index (χ4v) is 4.74. The molecule has 5 rings (SSSR count). The van der Waals surface area contributed by atoms with Crippen molar-refractivity contribution in [3.8, 4) is 0 Å². The van der Waals surface area contributed by atoms with E-state index in [9.17, 15) is 23.2 Å². The predicted molar refractivity (Wildman–Crippen MR) is 124 cm³/mol. The molecule has 2 aliphatic heterocycles. The van der Waals surface area contributed by atoms with Gasteiger partial charge in [0.25, 0.3) is 11.8 Å². The lowest BCUT2D eigenvalue weighted by Gasteiger charge is -2.35. The number of aromatic nitrogens is 4. The van der Waals surface area contributed by atoms with E-state index in [-0.39, 0.29) is 34.3 Å². The molecule has 0 bridgehead atoms. The summed E-state index contributed by atoms with van der Waals surface area (Å²) in [6.45, 7) is 2.64. The van der Waals surface area contributed by atoms with E-state index in [1.54, 1.807) is 0 Å². The van der Waals surface area contributed by atoms with Crippen LogP contribution >= 0.6 is 0 Å². The Labute approximate surface area is 204 Å². The Morgan fingerprint density at radius 3 is 2.61 bits per heavy atom. The summed E-state index contributed by atoms with van der Waals surface area (Å²) in [5, 5.41) is 5.99. The van der Waals surface area contributed by atoms with Crippen LogP contribution in [-0.4, -0.2) is 68.4 Å². The zero-order valence-corrected chi connectivity index (χ0v) is 19.3. The van der Waals surface area contributed by atoms with Crippen LogP contribution in [0.15, 0.2) is 24.7 Å². The lowest BCUT2D eigenvalue weighted by Crippen LogP contribution is -2.39. The van der Waals surface area contributed by atoms with Gasteiger partial charge in [-0.3, -0.25) is 19.7 Å². The van der Waals surface area contributed by atoms with Gasteiger partial charge in [0.05, 0.1) is 24.3 Å². The lowest BCUT2D eigenvalue weighted by atomic mass is 9.96. The number of nitrogen functional groups attached to an aromatic ring is 1. The number of rotatable bonds is 5. The van der Waals surface area contributed by atoms with E-state index < -0.39 is 23.4 Å². The molecule has 36 heavy (non-hydrogen) atoms. The monoisotopic (exact) mass is 498 g/mol. The van der Waals surface area contributed by atoms with Gasteiger partial charge < -0.3 is 15.5 Å². The molecule has 11 nitrogen and oxygen atoms in total. The Morgan fingerprint density at radius 2 is 1.89 bits per heavy atom. The molecular formula is C23H24F2N8O3. The molecule has 2 fully saturated rings. The van der Waals surface area contributed by atoms with Crippen molar-refractivity contribution in [1.82, 2.24) is 29.8 Å². The first-order chi connectivity index (χ1) is 17.3. The standard InChI is InChI=1S/C23H24F2N8O3/c24-14-9-28-21-19(20(26)30-33(21)12-14)23(36)29-22(35)16-8-17(15(25)10-27-16)31-6-3-13(4-7-31)11-32-5-1-2-18(32)34/h8-10,12-13H,1-7,11H2,(H2,26,30)(H,29,35,36). The highest BCUT2D eigenvalue weighted by molar-refractivity contribution is 6.14. The number of imide groups is 1. The number of likely N-dealkylation sites (tertiary alicyclic amines) is 1. The minimum atomic E-state index is -0.892. The Bertz CT molecular complexity index is 1350. The second kappa shape index (κ2) is 9.47. The van der Waals surface area contributed by atoms with Gasteiger partial charge in [0, 0.05) is 32.6 Å². The highest BCUT2D eigenvalue weighted by atomic mass is 19.1. The van der Waals surface area contributed by atoms with Crippen LogP contribution in [-0.2, 0) is 4.79 Å². The first-order valence-electron chi connectivity index (χ1n) is 11.6. The van der Waals surface area contributed by atoms with Gasteiger partial charge in [-0.1, -0.05) is 0 Å². The second-order valence-electron chi connectivity index (χ2n) is 8.98. The van der Waals surface area contributed by atoms with Gasteiger partial charge in [-0.15, -0.1) is 5.10 Å². The van der Waals surface area contributed by atoms with Crippen molar-refractivity contribution >= 4 is 34.9 Å². The molecular weight excluding hydrogens is 474 g/mol. The fourth-order valence-electron chi connectivity index (χ4n) is 4.74. The third-order valence-corrected chi connectivity index (χ3v) is 6.60. The minimum absolute atomic E-state index is 0.0227. The average Bonchev–Trinajstić information content (AvgIpc) is 3.40. The number of carbonyl (C=O) groups is 3. The van der Waals surface area contributed by atoms with Crippen LogP contribution in [0.3, 0.4) is 0 Å². The molecule has 0 atom stereocenters. The van der Waals surface area contributed by atoms with E-state index in [1.807, 2.05) is 9.80 Å². The van der Waals surface area contributed by atoms with E-state index in [1.165, 1.54) is 6.07 Å². The maximum atomic E-state index is 14.6. The van der Waals surface area contributed by atoms with Crippen molar-refractivity contribution in [3.05, 3.63) is 47.5 Å². The lowest BCUT2D eigenvalue weighted by molar-refractivity contribution is -0.128. The van der Waals surface area contributed by atoms with Crippen LogP contribution in [0.4, 0.5) is 20.3 Å². The number of pyridine rings is 1. The molecule has 0 saturated carbocycles. The number of anilines is 2. The molecule has 2 saturated heterocycles. The zero-order chi connectivity index (χ0) is 25.4. The molecule has 0 aromatic carbocycles. The van der Waals surface area contributed by atoms with Crippen molar-refractivity contribution < 1.29 is 23.2 Å². The third-order valence-electron chi connectivity index (χ3n) is 6.60. The second-order valence-corrected chi connectivity index (χ2v) is 8.98. The highest BCUT2D eigenvalue weighted by Crippen LogP contribution is 2.27. The molecule has 0 radical (unpaired) electrons. The number of nitrogens with one attached hydrogen (secondary N) is 1. The molecule has 0 unspecified atom stereocenters. The quantitative estimate of drug-likeness (QED) is 0.504. The number of halogens is 2. The molecule has 0 aliphatic carbocycles. The van der Waals surface area contributed by atoms with E-state index in [4.69, 9.17) is 5.73 Å². The molecule has 13 heteroatoms. The molecule has 3 aromatic rings. The maximum Gasteiger partial charge on any atom is 0.276 e. The van der Waals surface area contributed by atoms with Crippen LogP contribution in [0.2, 0.25) is 0 Å². The molecule has 3 amide bonds. The summed E-state index contributed by atoms with van der Waals surface area (Å²) in [5.41, 5.74) is 5.62. The topological polar surface area (TPSA) is 139 Å². The Balaban J connectivity index is 1.26. The summed E-state index contributed by atoms with van der Waals surface area (Å²) in [6, 6.07) is 1.30. The van der Waals surface area contributed by atoms with Crippen LogP contribution < -0.4 is 16.0 Å². The Hall–Kier alpha value is -4.16. The SMILES string of the molecule is Nc1nn2cc(F)cnc2c1C(=O)NC(=O)c1cc(N2CCC(CN3CCCC3=O)CC2)c(F)cn1. The molecule has 0 spiro atoms. The number of carbonyl (C=O) groups excluding carboxylic acids is 3. The summed E-state index contributed by atoms with van der Waals surface area (Å²) < 4.78 is 29.0. The van der Waals surface area contributed by atoms with Crippen molar-refractivity contribution in [1.29, 1.82) is 0 Å². The number of fused-ring (bicyclic) bond motifs is 1. The molecule has 3 aromatic heterocycles. The molecule has 2 aliphatic rings.